The van der Waals surface area contributed by atoms with Crippen molar-refractivity contribution >= 4 is 17.7 Å². The van der Waals surface area contributed by atoms with Crippen LogP contribution in [0.2, 0.25) is 0 Å². The molecule has 2 aliphatic carbocycles. The highest BCUT2D eigenvalue weighted by Gasteiger charge is 2.47. The van der Waals surface area contributed by atoms with Gasteiger partial charge in [-0.25, -0.2) is 0 Å². The molecular formula is C11H19NOS. The van der Waals surface area contributed by atoms with Crippen molar-refractivity contribution in [1.29, 1.82) is 0 Å². The van der Waals surface area contributed by atoms with Gasteiger partial charge in [-0.2, -0.15) is 11.8 Å². The monoisotopic (exact) mass is 213 g/mol. The van der Waals surface area contributed by atoms with Crippen LogP contribution in [0.3, 0.4) is 0 Å². The molecule has 2 aliphatic rings. The van der Waals surface area contributed by atoms with Gasteiger partial charge in [-0.05, 0) is 49.5 Å². The van der Waals surface area contributed by atoms with Crippen molar-refractivity contribution in [2.45, 2.75) is 25.7 Å². The average molecular weight is 213 g/mol. The number of thioether (sulfide) groups is 1. The summed E-state index contributed by atoms with van der Waals surface area (Å²) in [6, 6.07) is 0. The zero-order chi connectivity index (χ0) is 9.97. The lowest BCUT2D eigenvalue weighted by Gasteiger charge is -2.11. The molecule has 2 saturated carbocycles. The largest absolute Gasteiger partial charge is 0.356 e. The predicted molar refractivity (Wildman–Crippen MR) is 60.3 cm³/mol. The SMILES string of the molecule is CSCCCNC(=O)C1CC2CC2C1. The molecule has 2 atom stereocenters. The molecule has 0 spiro atoms. The van der Waals surface area contributed by atoms with E-state index in [4.69, 9.17) is 0 Å². The Morgan fingerprint density at radius 2 is 2.07 bits per heavy atom. The molecular weight excluding hydrogens is 194 g/mol. The number of carbonyl (C=O) groups is 1. The minimum Gasteiger partial charge on any atom is -0.356 e. The second kappa shape index (κ2) is 4.56. The molecule has 0 heterocycles. The van der Waals surface area contributed by atoms with Crippen LogP contribution in [0, 0.1) is 17.8 Å². The number of rotatable bonds is 5. The molecule has 2 nitrogen and oxygen atoms in total. The predicted octanol–water partition coefficient (Wildman–Crippen LogP) is 1.90. The number of hydrogen-bond acceptors (Lipinski definition) is 2. The van der Waals surface area contributed by atoms with Gasteiger partial charge in [0.05, 0.1) is 0 Å². The highest BCUT2D eigenvalue weighted by molar-refractivity contribution is 7.98. The van der Waals surface area contributed by atoms with Gasteiger partial charge in [-0.3, -0.25) is 4.79 Å². The van der Waals surface area contributed by atoms with E-state index in [-0.39, 0.29) is 0 Å². The summed E-state index contributed by atoms with van der Waals surface area (Å²) in [5, 5.41) is 3.05. The Labute approximate surface area is 90.2 Å². The summed E-state index contributed by atoms with van der Waals surface area (Å²) in [5.41, 5.74) is 0. The van der Waals surface area contributed by atoms with Crippen LogP contribution in [0.25, 0.3) is 0 Å². The minimum atomic E-state index is 0.318. The third-order valence-corrected chi connectivity index (χ3v) is 4.14. The molecule has 2 fully saturated rings. The second-order valence-corrected chi connectivity index (χ2v) is 5.55. The molecule has 0 bridgehead atoms. The summed E-state index contributed by atoms with van der Waals surface area (Å²) >= 11 is 1.84. The molecule has 0 radical (unpaired) electrons. The van der Waals surface area contributed by atoms with E-state index >= 15 is 0 Å². The van der Waals surface area contributed by atoms with E-state index in [1.54, 1.807) is 0 Å². The lowest BCUT2D eigenvalue weighted by Crippen LogP contribution is -2.31. The second-order valence-electron chi connectivity index (χ2n) is 4.56. The lowest BCUT2D eigenvalue weighted by molar-refractivity contribution is -0.125. The average Bonchev–Trinajstić information content (AvgIpc) is 2.80. The summed E-state index contributed by atoms with van der Waals surface area (Å²) in [4.78, 5) is 11.7. The van der Waals surface area contributed by atoms with Crippen LogP contribution in [0.5, 0.6) is 0 Å². The van der Waals surface area contributed by atoms with Crippen molar-refractivity contribution in [3.05, 3.63) is 0 Å². The van der Waals surface area contributed by atoms with Gasteiger partial charge in [0.25, 0.3) is 0 Å². The number of fused-ring (bicyclic) bond motifs is 1. The molecule has 2 unspecified atom stereocenters. The molecule has 14 heavy (non-hydrogen) atoms. The Kier molecular flexibility index (Phi) is 3.37. The Bertz CT molecular complexity index is 209. The summed E-state index contributed by atoms with van der Waals surface area (Å²) < 4.78 is 0. The molecule has 0 aromatic heterocycles. The highest BCUT2D eigenvalue weighted by Crippen LogP contribution is 2.54. The molecule has 80 valence electrons. The normalized spacial score (nSPS) is 33.9. The van der Waals surface area contributed by atoms with Gasteiger partial charge in [-0.1, -0.05) is 0 Å². The van der Waals surface area contributed by atoms with Crippen molar-refractivity contribution in [3.63, 3.8) is 0 Å². The van der Waals surface area contributed by atoms with E-state index in [2.05, 4.69) is 11.6 Å². The van der Waals surface area contributed by atoms with E-state index in [0.717, 1.165) is 30.6 Å². The van der Waals surface area contributed by atoms with Gasteiger partial charge in [-0.15, -0.1) is 0 Å². The van der Waals surface area contributed by atoms with E-state index in [1.807, 2.05) is 11.8 Å². The number of hydrogen-bond donors (Lipinski definition) is 1. The lowest BCUT2D eigenvalue weighted by atomic mass is 10.0. The Morgan fingerprint density at radius 3 is 2.71 bits per heavy atom. The van der Waals surface area contributed by atoms with E-state index < -0.39 is 0 Å². The first-order valence-electron chi connectivity index (χ1n) is 5.58. The van der Waals surface area contributed by atoms with E-state index in [9.17, 15) is 4.79 Å². The van der Waals surface area contributed by atoms with Crippen molar-refractivity contribution in [1.82, 2.24) is 5.32 Å². The first-order chi connectivity index (χ1) is 6.81. The Balaban J connectivity index is 1.59. The number of carbonyl (C=O) groups excluding carboxylic acids is 1. The quantitative estimate of drug-likeness (QED) is 0.707. The molecule has 3 heteroatoms. The van der Waals surface area contributed by atoms with Gasteiger partial charge in [0.15, 0.2) is 0 Å². The first-order valence-corrected chi connectivity index (χ1v) is 6.97. The first kappa shape index (κ1) is 10.3. The van der Waals surface area contributed by atoms with Crippen LogP contribution in [-0.2, 0) is 4.79 Å². The van der Waals surface area contributed by atoms with E-state index in [1.165, 1.54) is 19.3 Å². The van der Waals surface area contributed by atoms with E-state index in [0.29, 0.717) is 11.8 Å². The Morgan fingerprint density at radius 1 is 1.36 bits per heavy atom. The van der Waals surface area contributed by atoms with Crippen molar-refractivity contribution < 1.29 is 4.79 Å². The van der Waals surface area contributed by atoms with Crippen LogP contribution in [0.4, 0.5) is 0 Å². The zero-order valence-electron chi connectivity index (χ0n) is 8.79. The van der Waals surface area contributed by atoms with Gasteiger partial charge in [0.1, 0.15) is 0 Å². The van der Waals surface area contributed by atoms with Crippen molar-refractivity contribution in [3.8, 4) is 0 Å². The van der Waals surface area contributed by atoms with Crippen LogP contribution in [0.15, 0.2) is 0 Å². The molecule has 0 aromatic carbocycles. The van der Waals surface area contributed by atoms with Gasteiger partial charge >= 0.3 is 0 Å². The van der Waals surface area contributed by atoms with Crippen LogP contribution in [0.1, 0.15) is 25.7 Å². The molecule has 0 saturated heterocycles. The summed E-state index contributed by atoms with van der Waals surface area (Å²) in [7, 11) is 0. The van der Waals surface area contributed by atoms with Crippen LogP contribution < -0.4 is 5.32 Å². The molecule has 0 aromatic rings. The maximum absolute atomic E-state index is 11.7. The molecule has 1 amide bonds. The van der Waals surface area contributed by atoms with Crippen LogP contribution >= 0.6 is 11.8 Å². The molecule has 1 N–H and O–H groups in total. The molecule has 2 rings (SSSR count). The number of nitrogens with one attached hydrogen (secondary N) is 1. The van der Waals surface area contributed by atoms with Gasteiger partial charge < -0.3 is 5.32 Å². The summed E-state index contributed by atoms with van der Waals surface area (Å²) in [5.74, 6) is 3.65. The minimum absolute atomic E-state index is 0.318. The maximum atomic E-state index is 11.7. The van der Waals surface area contributed by atoms with Gasteiger partial charge in [0.2, 0.25) is 5.91 Å². The van der Waals surface area contributed by atoms with Crippen molar-refractivity contribution in [2.24, 2.45) is 17.8 Å². The Hall–Kier alpha value is -0.180. The molecule has 0 aliphatic heterocycles. The van der Waals surface area contributed by atoms with Crippen LogP contribution in [-0.4, -0.2) is 24.5 Å². The fourth-order valence-electron chi connectivity index (χ4n) is 2.50. The topological polar surface area (TPSA) is 29.1 Å². The third kappa shape index (κ3) is 2.44. The summed E-state index contributed by atoms with van der Waals surface area (Å²) in [6.07, 6.45) is 6.94. The zero-order valence-corrected chi connectivity index (χ0v) is 9.61. The summed E-state index contributed by atoms with van der Waals surface area (Å²) in [6.45, 7) is 0.867. The fraction of sp³-hybridized carbons (Fsp3) is 0.909. The maximum Gasteiger partial charge on any atom is 0.223 e. The highest BCUT2D eigenvalue weighted by atomic mass is 32.2. The third-order valence-electron chi connectivity index (χ3n) is 3.44. The smallest absolute Gasteiger partial charge is 0.223 e. The number of amides is 1. The van der Waals surface area contributed by atoms with Gasteiger partial charge in [0, 0.05) is 12.5 Å². The van der Waals surface area contributed by atoms with Crippen molar-refractivity contribution in [2.75, 3.05) is 18.6 Å². The standard InChI is InChI=1S/C11H19NOS/c1-14-4-2-3-12-11(13)10-6-8-5-9(8)7-10/h8-10H,2-7H2,1H3,(H,12,13). The fourth-order valence-corrected chi connectivity index (χ4v) is 2.93.